The Balaban J connectivity index is 1.77. The van der Waals surface area contributed by atoms with Crippen LogP contribution in [0.4, 0.5) is 23.2 Å². The number of hydrogen-bond acceptors (Lipinski definition) is 4. The Morgan fingerprint density at radius 2 is 1.45 bits per heavy atom. The predicted octanol–water partition coefficient (Wildman–Crippen LogP) is 4.42. The molecule has 12 heteroatoms. The van der Waals surface area contributed by atoms with Gasteiger partial charge in [-0.15, -0.1) is 0 Å². The van der Waals surface area contributed by atoms with E-state index in [1.807, 2.05) is 0 Å². The number of sulfonamides is 1. The molecule has 0 aliphatic carbocycles. The van der Waals surface area contributed by atoms with Crippen LogP contribution >= 0.6 is 0 Å². The SMILES string of the molecule is CC(C)(NS(=O)(=O)c1ccc(NC(=O)C(Cc2ccccc2)NC(=O)c2ccc(F)cc2)cc1)C(F)(F)F. The maximum atomic E-state index is 13.2. The summed E-state index contributed by atoms with van der Waals surface area (Å²) in [5.74, 6) is -1.76. The first-order chi connectivity index (χ1) is 17.7. The quantitative estimate of drug-likeness (QED) is 0.343. The van der Waals surface area contributed by atoms with E-state index in [2.05, 4.69) is 10.6 Å². The smallest absolute Gasteiger partial charge is 0.340 e. The van der Waals surface area contributed by atoms with Crippen molar-refractivity contribution in [2.75, 3.05) is 5.32 Å². The van der Waals surface area contributed by atoms with Crippen LogP contribution in [0.5, 0.6) is 0 Å². The fourth-order valence-corrected chi connectivity index (χ4v) is 4.70. The molecule has 1 unspecified atom stereocenters. The van der Waals surface area contributed by atoms with Crippen LogP contribution in [-0.2, 0) is 21.2 Å². The van der Waals surface area contributed by atoms with Crippen molar-refractivity contribution in [2.45, 2.75) is 42.9 Å². The molecule has 0 aliphatic rings. The minimum absolute atomic E-state index is 0.114. The number of hydrogen-bond donors (Lipinski definition) is 3. The molecule has 7 nitrogen and oxygen atoms in total. The number of alkyl halides is 3. The van der Waals surface area contributed by atoms with Crippen molar-refractivity contribution in [3.63, 3.8) is 0 Å². The summed E-state index contributed by atoms with van der Waals surface area (Å²) < 4.78 is 79.1. The minimum atomic E-state index is -4.82. The molecule has 202 valence electrons. The van der Waals surface area contributed by atoms with Gasteiger partial charge in [0.15, 0.2) is 0 Å². The third-order valence-corrected chi connectivity index (χ3v) is 7.21. The van der Waals surface area contributed by atoms with E-state index in [4.69, 9.17) is 0 Å². The summed E-state index contributed by atoms with van der Waals surface area (Å²) in [6.07, 6.45) is -4.71. The Labute approximate surface area is 217 Å². The highest BCUT2D eigenvalue weighted by Gasteiger charge is 2.49. The van der Waals surface area contributed by atoms with Crippen LogP contribution in [-0.4, -0.2) is 38.0 Å². The molecule has 0 fully saturated rings. The molecule has 0 bridgehead atoms. The summed E-state index contributed by atoms with van der Waals surface area (Å²) in [6, 6.07) is 17.1. The van der Waals surface area contributed by atoms with Crippen LogP contribution in [0, 0.1) is 5.82 Å². The molecular weight excluding hydrogens is 526 g/mol. The van der Waals surface area contributed by atoms with Gasteiger partial charge in [-0.25, -0.2) is 12.8 Å². The zero-order valence-corrected chi connectivity index (χ0v) is 21.2. The van der Waals surface area contributed by atoms with E-state index < -0.39 is 50.3 Å². The van der Waals surface area contributed by atoms with E-state index in [1.54, 1.807) is 35.1 Å². The molecule has 2 amide bonds. The molecule has 38 heavy (non-hydrogen) atoms. The van der Waals surface area contributed by atoms with Crippen LogP contribution in [0.15, 0.2) is 83.8 Å². The number of rotatable bonds is 9. The molecule has 3 aromatic carbocycles. The first-order valence-corrected chi connectivity index (χ1v) is 12.8. The third-order valence-electron chi connectivity index (χ3n) is 5.54. The highest BCUT2D eigenvalue weighted by Crippen LogP contribution is 2.31. The first kappa shape index (κ1) is 28.8. The highest BCUT2D eigenvalue weighted by molar-refractivity contribution is 7.89. The molecule has 0 saturated carbocycles. The van der Waals surface area contributed by atoms with Gasteiger partial charge in [0.1, 0.15) is 17.4 Å². The molecule has 3 rings (SSSR count). The van der Waals surface area contributed by atoms with Crippen LogP contribution in [0.2, 0.25) is 0 Å². The van der Waals surface area contributed by atoms with Crippen molar-refractivity contribution in [2.24, 2.45) is 0 Å². The maximum Gasteiger partial charge on any atom is 0.407 e. The molecule has 0 spiro atoms. The van der Waals surface area contributed by atoms with E-state index in [0.29, 0.717) is 13.8 Å². The fourth-order valence-electron chi connectivity index (χ4n) is 3.30. The molecule has 0 saturated heterocycles. The van der Waals surface area contributed by atoms with Crippen LogP contribution in [0.25, 0.3) is 0 Å². The Bertz CT molecular complexity index is 1380. The standard InChI is InChI=1S/C26H25F4N3O4S/c1-25(2,26(28,29)30)33-38(36,37)21-14-12-20(13-15-21)31-24(35)22(16-17-6-4-3-5-7-17)32-23(34)18-8-10-19(27)11-9-18/h3-15,22,33H,16H2,1-2H3,(H,31,35)(H,32,34). The summed E-state index contributed by atoms with van der Waals surface area (Å²) >= 11 is 0. The Hall–Kier alpha value is -3.77. The second kappa shape index (κ2) is 11.3. The van der Waals surface area contributed by atoms with Crippen molar-refractivity contribution >= 4 is 27.5 Å². The van der Waals surface area contributed by atoms with Crippen molar-refractivity contribution in [3.8, 4) is 0 Å². The van der Waals surface area contributed by atoms with E-state index >= 15 is 0 Å². The van der Waals surface area contributed by atoms with Crippen molar-refractivity contribution in [3.05, 3.63) is 95.8 Å². The first-order valence-electron chi connectivity index (χ1n) is 11.3. The van der Waals surface area contributed by atoms with Crippen LogP contribution in [0.1, 0.15) is 29.8 Å². The Kier molecular flexibility index (Phi) is 8.58. The Morgan fingerprint density at radius 3 is 2.00 bits per heavy atom. The van der Waals surface area contributed by atoms with Gasteiger partial charge in [-0.05, 0) is 67.9 Å². The van der Waals surface area contributed by atoms with Gasteiger partial charge in [0, 0.05) is 17.7 Å². The van der Waals surface area contributed by atoms with Gasteiger partial charge in [-0.1, -0.05) is 30.3 Å². The molecule has 1 atom stereocenters. The molecule has 0 aromatic heterocycles. The number of amides is 2. The molecule has 0 heterocycles. The van der Waals surface area contributed by atoms with E-state index in [0.717, 1.165) is 29.8 Å². The molecule has 3 aromatic rings. The zero-order chi connectivity index (χ0) is 28.1. The zero-order valence-electron chi connectivity index (χ0n) is 20.3. The lowest BCUT2D eigenvalue weighted by molar-refractivity contribution is -0.180. The van der Waals surface area contributed by atoms with Gasteiger partial charge in [0.05, 0.1) is 4.90 Å². The van der Waals surface area contributed by atoms with E-state index in [1.165, 1.54) is 24.3 Å². The molecular formula is C26H25F4N3O4S. The van der Waals surface area contributed by atoms with Crippen LogP contribution in [0.3, 0.4) is 0 Å². The van der Waals surface area contributed by atoms with Gasteiger partial charge in [0.2, 0.25) is 15.9 Å². The number of carbonyl (C=O) groups excluding carboxylic acids is 2. The van der Waals surface area contributed by atoms with Crippen molar-refractivity contribution < 1.29 is 35.6 Å². The summed E-state index contributed by atoms with van der Waals surface area (Å²) in [7, 11) is -4.52. The normalized spacial score (nSPS) is 13.0. The number of nitrogens with one attached hydrogen (secondary N) is 3. The fraction of sp³-hybridized carbons (Fsp3) is 0.231. The minimum Gasteiger partial charge on any atom is -0.340 e. The van der Waals surface area contributed by atoms with Crippen molar-refractivity contribution in [1.82, 2.24) is 10.0 Å². The topological polar surface area (TPSA) is 104 Å². The molecule has 0 aliphatic heterocycles. The molecule has 3 N–H and O–H groups in total. The maximum absolute atomic E-state index is 13.2. The number of halogens is 4. The monoisotopic (exact) mass is 551 g/mol. The average Bonchev–Trinajstić information content (AvgIpc) is 2.83. The lowest BCUT2D eigenvalue weighted by atomic mass is 10.0. The summed E-state index contributed by atoms with van der Waals surface area (Å²) in [5.41, 5.74) is -1.67. The highest BCUT2D eigenvalue weighted by atomic mass is 32.2. The Morgan fingerprint density at radius 1 is 0.868 bits per heavy atom. The second-order valence-electron chi connectivity index (χ2n) is 8.96. The summed E-state index contributed by atoms with van der Waals surface area (Å²) in [5, 5.41) is 5.18. The van der Waals surface area contributed by atoms with Crippen LogP contribution < -0.4 is 15.4 Å². The predicted molar refractivity (Wildman–Crippen MR) is 133 cm³/mol. The van der Waals surface area contributed by atoms with Gasteiger partial charge < -0.3 is 10.6 Å². The third kappa shape index (κ3) is 7.39. The van der Waals surface area contributed by atoms with Crippen molar-refractivity contribution in [1.29, 1.82) is 0 Å². The van der Waals surface area contributed by atoms with Gasteiger partial charge in [-0.2, -0.15) is 17.9 Å². The largest absolute Gasteiger partial charge is 0.407 e. The van der Waals surface area contributed by atoms with Gasteiger partial charge in [-0.3, -0.25) is 9.59 Å². The summed E-state index contributed by atoms with van der Waals surface area (Å²) in [4.78, 5) is 25.3. The molecule has 0 radical (unpaired) electrons. The number of benzene rings is 3. The number of carbonyl (C=O) groups is 2. The van der Waals surface area contributed by atoms with Gasteiger partial charge >= 0.3 is 6.18 Å². The van der Waals surface area contributed by atoms with E-state index in [9.17, 15) is 35.6 Å². The second-order valence-corrected chi connectivity index (χ2v) is 10.6. The lowest BCUT2D eigenvalue weighted by Crippen LogP contribution is -2.54. The number of anilines is 1. The van der Waals surface area contributed by atoms with Gasteiger partial charge in [0.25, 0.3) is 5.91 Å². The average molecular weight is 552 g/mol. The lowest BCUT2D eigenvalue weighted by Gasteiger charge is -2.28. The van der Waals surface area contributed by atoms with E-state index in [-0.39, 0.29) is 17.7 Å². The summed E-state index contributed by atoms with van der Waals surface area (Å²) in [6.45, 7) is 1.40.